The first kappa shape index (κ1) is 16.5. The van der Waals surface area contributed by atoms with Crippen LogP contribution in [-0.2, 0) is 15.6 Å². The number of ether oxygens (including phenoxy) is 1. The minimum absolute atomic E-state index is 0.389. The Morgan fingerprint density at radius 1 is 1.14 bits per heavy atom. The van der Waals surface area contributed by atoms with Gasteiger partial charge in [0.2, 0.25) is 0 Å². The van der Waals surface area contributed by atoms with Crippen molar-refractivity contribution in [1.82, 2.24) is 0 Å². The molecule has 0 radical (unpaired) electrons. The van der Waals surface area contributed by atoms with E-state index in [9.17, 15) is 9.00 Å². The number of hydrogen-bond donors (Lipinski definition) is 0. The molecule has 0 spiro atoms. The molecule has 2 aromatic carbocycles. The summed E-state index contributed by atoms with van der Waals surface area (Å²) < 4.78 is 16.1. The molecule has 0 aromatic heterocycles. The van der Waals surface area contributed by atoms with E-state index in [4.69, 9.17) is 16.3 Å². The third kappa shape index (κ3) is 4.29. The first-order chi connectivity index (χ1) is 10.6. The minimum atomic E-state index is -1.58. The second-order valence-corrected chi connectivity index (χ2v) is 6.67. The molecule has 0 aliphatic heterocycles. The Morgan fingerprint density at radius 2 is 1.77 bits per heavy atom. The summed E-state index contributed by atoms with van der Waals surface area (Å²) in [6.45, 7) is 0. The van der Waals surface area contributed by atoms with E-state index in [-0.39, 0.29) is 5.78 Å². The Bertz CT molecular complexity index is 681. The van der Waals surface area contributed by atoms with Gasteiger partial charge in [-0.15, -0.1) is 0 Å². The molecule has 2 aromatic rings. The summed E-state index contributed by atoms with van der Waals surface area (Å²) in [5.74, 6) is 0.351. The van der Waals surface area contributed by atoms with Crippen LogP contribution in [0.2, 0.25) is 0 Å². The molecule has 0 saturated carbocycles. The molecule has 0 amide bonds. The van der Waals surface area contributed by atoms with E-state index in [0.717, 1.165) is 11.3 Å². The molecular formula is C17H15ClO3S. The summed E-state index contributed by atoms with van der Waals surface area (Å²) in [7, 11) is 0.0121. The number of rotatable bonds is 6. The summed E-state index contributed by atoms with van der Waals surface area (Å²) in [4.78, 5) is 12.6. The lowest BCUT2D eigenvalue weighted by molar-refractivity contribution is -0.112. The fourth-order valence-corrected chi connectivity index (χ4v) is 3.08. The molecule has 2 rings (SSSR count). The summed E-state index contributed by atoms with van der Waals surface area (Å²) >= 11 is 6.01. The summed E-state index contributed by atoms with van der Waals surface area (Å²) in [5.41, 5.74) is 0.837. The largest absolute Gasteiger partial charge is 0.497 e. The third-order valence-electron chi connectivity index (χ3n) is 2.94. The van der Waals surface area contributed by atoms with Crippen molar-refractivity contribution in [1.29, 1.82) is 0 Å². The lowest BCUT2D eigenvalue weighted by Crippen LogP contribution is -2.18. The van der Waals surface area contributed by atoms with Crippen LogP contribution in [0.1, 0.15) is 5.56 Å². The predicted octanol–water partition coefficient (Wildman–Crippen LogP) is 3.65. The van der Waals surface area contributed by atoms with Gasteiger partial charge in [0.1, 0.15) is 5.75 Å². The van der Waals surface area contributed by atoms with E-state index in [0.29, 0.717) is 4.90 Å². The highest BCUT2D eigenvalue weighted by atomic mass is 35.5. The number of benzene rings is 2. The van der Waals surface area contributed by atoms with Crippen molar-refractivity contribution in [2.75, 3.05) is 7.11 Å². The van der Waals surface area contributed by atoms with Crippen LogP contribution < -0.4 is 4.74 Å². The molecule has 0 aliphatic carbocycles. The molecule has 0 bridgehead atoms. The highest BCUT2D eigenvalue weighted by Gasteiger charge is 2.21. The molecule has 0 fully saturated rings. The van der Waals surface area contributed by atoms with Crippen LogP contribution in [0, 0.1) is 0 Å². The Kier molecular flexibility index (Phi) is 5.92. The molecule has 0 saturated heterocycles. The molecule has 2 atom stereocenters. The van der Waals surface area contributed by atoms with E-state index >= 15 is 0 Å². The Labute approximate surface area is 137 Å². The fourth-order valence-electron chi connectivity index (χ4n) is 1.75. The first-order valence-corrected chi connectivity index (χ1v) is 8.22. The van der Waals surface area contributed by atoms with Crippen molar-refractivity contribution in [3.63, 3.8) is 0 Å². The Hall–Kier alpha value is -1.91. The molecule has 0 heterocycles. The lowest BCUT2D eigenvalue weighted by Gasteiger charge is -2.06. The predicted molar refractivity (Wildman–Crippen MR) is 89.5 cm³/mol. The molecule has 5 heteroatoms. The average molecular weight is 335 g/mol. The van der Waals surface area contributed by atoms with E-state index < -0.39 is 15.5 Å². The van der Waals surface area contributed by atoms with Crippen molar-refractivity contribution < 1.29 is 13.7 Å². The number of carbonyl (C=O) groups is 1. The summed E-state index contributed by atoms with van der Waals surface area (Å²) in [5, 5.41) is 0. The number of carbonyl (C=O) groups excluding carboxylic acids is 1. The van der Waals surface area contributed by atoms with Gasteiger partial charge in [0.25, 0.3) is 0 Å². The van der Waals surface area contributed by atoms with E-state index in [2.05, 4.69) is 0 Å². The van der Waals surface area contributed by atoms with Crippen LogP contribution >= 0.6 is 11.6 Å². The van der Waals surface area contributed by atoms with Crippen LogP contribution in [0.25, 0.3) is 6.08 Å². The van der Waals surface area contributed by atoms with Crippen molar-refractivity contribution in [2.24, 2.45) is 0 Å². The molecule has 2 unspecified atom stereocenters. The Balaban J connectivity index is 2.04. The second kappa shape index (κ2) is 7.92. The number of halogens is 1. The molecular weight excluding hydrogens is 320 g/mol. The lowest BCUT2D eigenvalue weighted by atomic mass is 10.2. The van der Waals surface area contributed by atoms with Crippen molar-refractivity contribution in [3.05, 3.63) is 66.2 Å². The highest BCUT2D eigenvalue weighted by molar-refractivity contribution is 7.88. The van der Waals surface area contributed by atoms with E-state index in [1.54, 1.807) is 49.6 Å². The normalized spacial score (nSPS) is 13.7. The van der Waals surface area contributed by atoms with Crippen LogP contribution in [0.3, 0.4) is 0 Å². The van der Waals surface area contributed by atoms with Gasteiger partial charge in [-0.3, -0.25) is 9.00 Å². The van der Waals surface area contributed by atoms with Gasteiger partial charge in [-0.25, -0.2) is 0 Å². The molecule has 3 nitrogen and oxygen atoms in total. The SMILES string of the molecule is COc1ccc(/C=C/C(=O)C(Cl)S(=O)c2ccccc2)cc1. The smallest absolute Gasteiger partial charge is 0.186 e. The van der Waals surface area contributed by atoms with Gasteiger partial charge in [0.05, 0.1) is 17.9 Å². The maximum Gasteiger partial charge on any atom is 0.186 e. The summed E-state index contributed by atoms with van der Waals surface area (Å²) in [6.07, 6.45) is 2.99. The van der Waals surface area contributed by atoms with Gasteiger partial charge in [0, 0.05) is 4.90 Å². The van der Waals surface area contributed by atoms with Gasteiger partial charge in [0.15, 0.2) is 10.5 Å². The Morgan fingerprint density at radius 3 is 2.36 bits per heavy atom. The topological polar surface area (TPSA) is 43.4 Å². The zero-order chi connectivity index (χ0) is 15.9. The zero-order valence-corrected chi connectivity index (χ0v) is 13.5. The number of hydrogen-bond acceptors (Lipinski definition) is 3. The minimum Gasteiger partial charge on any atom is -0.497 e. The van der Waals surface area contributed by atoms with Crippen LogP contribution in [0.15, 0.2) is 65.6 Å². The zero-order valence-electron chi connectivity index (χ0n) is 11.9. The maximum absolute atomic E-state index is 12.2. The van der Waals surface area contributed by atoms with E-state index in [1.165, 1.54) is 6.08 Å². The monoisotopic (exact) mass is 334 g/mol. The van der Waals surface area contributed by atoms with Gasteiger partial charge >= 0.3 is 0 Å². The quantitative estimate of drug-likeness (QED) is 0.598. The molecule has 114 valence electrons. The average Bonchev–Trinajstić information content (AvgIpc) is 2.59. The third-order valence-corrected chi connectivity index (χ3v) is 4.99. The van der Waals surface area contributed by atoms with Gasteiger partial charge in [-0.05, 0) is 35.9 Å². The number of allylic oxidation sites excluding steroid dienone is 1. The molecule has 0 aliphatic rings. The van der Waals surface area contributed by atoms with Crippen molar-refractivity contribution >= 4 is 34.3 Å². The fraction of sp³-hybridized carbons (Fsp3) is 0.118. The van der Waals surface area contributed by atoms with Gasteiger partial charge < -0.3 is 4.74 Å². The van der Waals surface area contributed by atoms with Crippen molar-refractivity contribution in [3.8, 4) is 5.75 Å². The van der Waals surface area contributed by atoms with Crippen molar-refractivity contribution in [2.45, 2.75) is 9.60 Å². The number of methoxy groups -OCH3 is 1. The number of alkyl halides is 1. The standard InChI is InChI=1S/C17H15ClO3S/c1-21-14-10-7-13(8-11-14)9-12-16(19)17(18)22(20)15-5-3-2-4-6-15/h2-12,17H,1H3/b12-9+. The highest BCUT2D eigenvalue weighted by Crippen LogP contribution is 2.16. The second-order valence-electron chi connectivity index (χ2n) is 4.44. The van der Waals surface area contributed by atoms with Gasteiger partial charge in [-0.2, -0.15) is 0 Å². The van der Waals surface area contributed by atoms with Crippen LogP contribution in [0.4, 0.5) is 0 Å². The first-order valence-electron chi connectivity index (χ1n) is 6.57. The van der Waals surface area contributed by atoms with E-state index in [1.807, 2.05) is 18.2 Å². The molecule has 0 N–H and O–H groups in total. The van der Waals surface area contributed by atoms with Crippen LogP contribution in [0.5, 0.6) is 5.75 Å². The van der Waals surface area contributed by atoms with Crippen LogP contribution in [-0.4, -0.2) is 21.8 Å². The van der Waals surface area contributed by atoms with Gasteiger partial charge in [-0.1, -0.05) is 48.0 Å². The molecule has 22 heavy (non-hydrogen) atoms. The maximum atomic E-state index is 12.2. The number of ketones is 1. The summed E-state index contributed by atoms with van der Waals surface area (Å²) in [6, 6.07) is 15.9.